The van der Waals surface area contributed by atoms with Crippen molar-refractivity contribution in [3.63, 3.8) is 0 Å². The minimum Gasteiger partial charge on any atom is -0.301 e. The van der Waals surface area contributed by atoms with Crippen molar-refractivity contribution < 1.29 is 13.2 Å². The highest BCUT2D eigenvalue weighted by atomic mass is 35.5. The number of aromatic nitrogens is 1. The van der Waals surface area contributed by atoms with Gasteiger partial charge in [0.25, 0.3) is 0 Å². The van der Waals surface area contributed by atoms with Crippen molar-refractivity contribution in [2.75, 3.05) is 5.32 Å². The number of benzene rings is 1. The lowest BCUT2D eigenvalue weighted by Crippen LogP contribution is -2.21. The standard InChI is InChI=1S/C19H21ClN2O3S3/c20-16-11-21-19(27-16)22-18(23)17(26-13-3-1-2-4-13)12-5-7-14(8-6-12)28(24,25)15-9-10-15/h5-8,11,13,15,17H,1-4,9-10H2,(H,21,22,23). The van der Waals surface area contributed by atoms with Crippen LogP contribution in [-0.4, -0.2) is 29.8 Å². The smallest absolute Gasteiger partial charge is 0.243 e. The summed E-state index contributed by atoms with van der Waals surface area (Å²) in [6, 6.07) is 6.82. The molecule has 2 aliphatic carbocycles. The summed E-state index contributed by atoms with van der Waals surface area (Å²) in [4.78, 5) is 17.4. The van der Waals surface area contributed by atoms with E-state index in [1.165, 1.54) is 30.4 Å². The highest BCUT2D eigenvalue weighted by molar-refractivity contribution is 8.00. The molecule has 1 heterocycles. The first-order valence-electron chi connectivity index (χ1n) is 9.35. The van der Waals surface area contributed by atoms with Gasteiger partial charge in [-0.2, -0.15) is 0 Å². The van der Waals surface area contributed by atoms with Crippen LogP contribution >= 0.6 is 34.7 Å². The number of carbonyl (C=O) groups is 1. The zero-order chi connectivity index (χ0) is 19.7. The maximum Gasteiger partial charge on any atom is 0.243 e. The summed E-state index contributed by atoms with van der Waals surface area (Å²) in [6.07, 6.45) is 7.57. The van der Waals surface area contributed by atoms with Crippen LogP contribution in [0.15, 0.2) is 35.4 Å². The summed E-state index contributed by atoms with van der Waals surface area (Å²) in [6.45, 7) is 0. The first-order chi connectivity index (χ1) is 13.4. The van der Waals surface area contributed by atoms with E-state index >= 15 is 0 Å². The van der Waals surface area contributed by atoms with Crippen LogP contribution in [0.3, 0.4) is 0 Å². The number of carbonyl (C=O) groups excluding carboxylic acids is 1. The SMILES string of the molecule is O=C(Nc1ncc(Cl)s1)C(SC1CCCC1)c1ccc(S(=O)(=O)C2CC2)cc1. The number of halogens is 1. The molecule has 28 heavy (non-hydrogen) atoms. The van der Waals surface area contributed by atoms with E-state index in [2.05, 4.69) is 10.3 Å². The number of amides is 1. The van der Waals surface area contributed by atoms with Gasteiger partial charge in [-0.3, -0.25) is 4.79 Å². The number of hydrogen-bond donors (Lipinski definition) is 1. The van der Waals surface area contributed by atoms with Crippen molar-refractivity contribution in [3.8, 4) is 0 Å². The molecular formula is C19H21ClN2O3S3. The fourth-order valence-corrected chi connectivity index (χ4v) is 7.35. The zero-order valence-electron chi connectivity index (χ0n) is 15.1. The van der Waals surface area contributed by atoms with Crippen LogP contribution in [0, 0.1) is 0 Å². The molecule has 2 aromatic rings. The number of anilines is 1. The van der Waals surface area contributed by atoms with Crippen molar-refractivity contribution in [2.24, 2.45) is 0 Å². The van der Waals surface area contributed by atoms with E-state index in [-0.39, 0.29) is 11.2 Å². The molecular weight excluding hydrogens is 436 g/mol. The molecule has 1 unspecified atom stereocenters. The van der Waals surface area contributed by atoms with E-state index in [0.29, 0.717) is 19.6 Å². The molecule has 1 amide bonds. The molecule has 1 aromatic heterocycles. The molecule has 2 aliphatic rings. The summed E-state index contributed by atoms with van der Waals surface area (Å²) in [5.74, 6) is -0.152. The van der Waals surface area contributed by atoms with E-state index in [9.17, 15) is 13.2 Å². The number of thiazole rings is 1. The topological polar surface area (TPSA) is 76.1 Å². The number of rotatable bonds is 7. The van der Waals surface area contributed by atoms with Gasteiger partial charge in [0.15, 0.2) is 15.0 Å². The van der Waals surface area contributed by atoms with E-state index < -0.39 is 15.1 Å². The summed E-state index contributed by atoms with van der Waals surface area (Å²) < 4.78 is 25.4. The number of sulfone groups is 1. The van der Waals surface area contributed by atoms with Gasteiger partial charge in [-0.25, -0.2) is 13.4 Å². The number of thioether (sulfide) groups is 1. The molecule has 2 fully saturated rings. The van der Waals surface area contributed by atoms with Crippen molar-refractivity contribution >= 4 is 55.6 Å². The lowest BCUT2D eigenvalue weighted by Gasteiger charge is -2.20. The molecule has 0 saturated heterocycles. The fraction of sp³-hybridized carbons (Fsp3) is 0.474. The first-order valence-corrected chi connectivity index (χ1v) is 13.0. The Morgan fingerprint density at radius 1 is 1.18 bits per heavy atom. The third-order valence-corrected chi connectivity index (χ3v) is 9.97. The van der Waals surface area contributed by atoms with Crippen LogP contribution in [-0.2, 0) is 14.6 Å². The Hall–Kier alpha value is -1.09. The van der Waals surface area contributed by atoms with Crippen LogP contribution in [0.2, 0.25) is 4.34 Å². The molecule has 4 rings (SSSR count). The molecule has 9 heteroatoms. The van der Waals surface area contributed by atoms with Crippen molar-refractivity contribution in [3.05, 3.63) is 40.4 Å². The predicted octanol–water partition coefficient (Wildman–Crippen LogP) is 5.09. The van der Waals surface area contributed by atoms with Crippen molar-refractivity contribution in [2.45, 2.75) is 59.2 Å². The minimum absolute atomic E-state index is 0.152. The molecule has 0 radical (unpaired) electrons. The van der Waals surface area contributed by atoms with Gasteiger partial charge in [0.1, 0.15) is 9.59 Å². The number of nitrogens with one attached hydrogen (secondary N) is 1. The lowest BCUT2D eigenvalue weighted by molar-refractivity contribution is -0.115. The van der Waals surface area contributed by atoms with E-state index in [0.717, 1.165) is 31.2 Å². The van der Waals surface area contributed by atoms with Crippen LogP contribution in [0.25, 0.3) is 0 Å². The molecule has 150 valence electrons. The largest absolute Gasteiger partial charge is 0.301 e. The van der Waals surface area contributed by atoms with Gasteiger partial charge in [-0.1, -0.05) is 47.9 Å². The average molecular weight is 457 g/mol. The second-order valence-corrected chi connectivity index (χ2v) is 12.5. The summed E-state index contributed by atoms with van der Waals surface area (Å²) in [7, 11) is -3.23. The van der Waals surface area contributed by atoms with E-state index in [1.54, 1.807) is 36.0 Å². The second kappa shape index (κ2) is 8.34. The van der Waals surface area contributed by atoms with Gasteiger partial charge in [0.2, 0.25) is 5.91 Å². The Balaban J connectivity index is 1.56. The predicted molar refractivity (Wildman–Crippen MR) is 115 cm³/mol. The Bertz CT molecular complexity index is 949. The van der Waals surface area contributed by atoms with Gasteiger partial charge >= 0.3 is 0 Å². The summed E-state index contributed by atoms with van der Waals surface area (Å²) >= 11 is 8.79. The molecule has 1 aromatic carbocycles. The van der Waals surface area contributed by atoms with Crippen molar-refractivity contribution in [1.82, 2.24) is 4.98 Å². The Morgan fingerprint density at radius 3 is 2.43 bits per heavy atom. The van der Waals surface area contributed by atoms with Crippen LogP contribution < -0.4 is 5.32 Å². The first kappa shape index (κ1) is 20.2. The highest BCUT2D eigenvalue weighted by Crippen LogP contribution is 2.41. The third kappa shape index (κ3) is 4.56. The second-order valence-electron chi connectivity index (χ2n) is 7.19. The third-order valence-electron chi connectivity index (χ3n) is 5.05. The van der Waals surface area contributed by atoms with Gasteiger partial charge in [-0.05, 0) is 43.4 Å². The quantitative estimate of drug-likeness (QED) is 0.628. The van der Waals surface area contributed by atoms with Crippen LogP contribution in [0.1, 0.15) is 49.3 Å². The maximum absolute atomic E-state index is 13.0. The molecule has 0 aliphatic heterocycles. The minimum atomic E-state index is -3.23. The van der Waals surface area contributed by atoms with Gasteiger partial charge in [0, 0.05) is 5.25 Å². The van der Waals surface area contributed by atoms with E-state index in [4.69, 9.17) is 11.6 Å². The van der Waals surface area contributed by atoms with Crippen molar-refractivity contribution in [1.29, 1.82) is 0 Å². The van der Waals surface area contributed by atoms with Gasteiger partial charge in [0.05, 0.1) is 16.3 Å². The zero-order valence-corrected chi connectivity index (χ0v) is 18.3. The molecule has 5 nitrogen and oxygen atoms in total. The maximum atomic E-state index is 13.0. The van der Waals surface area contributed by atoms with Crippen LogP contribution in [0.4, 0.5) is 5.13 Å². The van der Waals surface area contributed by atoms with Gasteiger partial charge in [-0.15, -0.1) is 11.8 Å². The van der Waals surface area contributed by atoms with E-state index in [1.807, 2.05) is 0 Å². The molecule has 1 N–H and O–H groups in total. The lowest BCUT2D eigenvalue weighted by atomic mass is 10.1. The summed E-state index contributed by atoms with van der Waals surface area (Å²) in [5.41, 5.74) is 0.812. The molecule has 0 bridgehead atoms. The monoisotopic (exact) mass is 456 g/mol. The average Bonchev–Trinajstić information content (AvgIpc) is 3.29. The normalized spacial score (nSPS) is 18.9. The molecule has 1 atom stereocenters. The fourth-order valence-electron chi connectivity index (χ4n) is 3.39. The highest BCUT2D eigenvalue weighted by Gasteiger charge is 2.37. The number of nitrogens with zero attached hydrogens (tertiary/aromatic N) is 1. The Labute approximate surface area is 178 Å². The molecule has 2 saturated carbocycles. The van der Waals surface area contributed by atoms with Crippen LogP contribution in [0.5, 0.6) is 0 Å². The van der Waals surface area contributed by atoms with Gasteiger partial charge < -0.3 is 5.32 Å². The summed E-state index contributed by atoms with van der Waals surface area (Å²) in [5, 5.41) is 3.11. The Morgan fingerprint density at radius 2 is 1.86 bits per heavy atom. The molecule has 0 spiro atoms. The number of hydrogen-bond acceptors (Lipinski definition) is 6. The Kier molecular flexibility index (Phi) is 6.01.